The standard InChI is InChI=1S/C20H24F2N2O3/c1-24(14-19(25)23-11-10-15-6-4-3-5-7-15)13-16-8-9-17(27-20(21)22)18(12-16)26-2/h3-9,12,20H,10-11,13-14H2,1-2H3,(H,23,25)/p+1. The van der Waals surface area contributed by atoms with Gasteiger partial charge >= 0.3 is 6.61 Å². The highest BCUT2D eigenvalue weighted by Crippen LogP contribution is 2.29. The Kier molecular flexibility index (Phi) is 8.00. The summed E-state index contributed by atoms with van der Waals surface area (Å²) in [5, 5.41) is 2.91. The molecule has 146 valence electrons. The van der Waals surface area contributed by atoms with Crippen molar-refractivity contribution in [1.29, 1.82) is 0 Å². The van der Waals surface area contributed by atoms with Crippen molar-refractivity contribution in [1.82, 2.24) is 5.32 Å². The van der Waals surface area contributed by atoms with Crippen LogP contribution in [0.1, 0.15) is 11.1 Å². The molecule has 0 spiro atoms. The Morgan fingerprint density at radius 1 is 1.11 bits per heavy atom. The van der Waals surface area contributed by atoms with Crippen LogP contribution >= 0.6 is 0 Å². The smallest absolute Gasteiger partial charge is 0.387 e. The number of amides is 1. The number of hydrogen-bond acceptors (Lipinski definition) is 3. The van der Waals surface area contributed by atoms with E-state index in [9.17, 15) is 13.6 Å². The quantitative estimate of drug-likeness (QED) is 0.660. The molecular formula is C20H25F2N2O3+. The molecule has 0 aliphatic rings. The van der Waals surface area contributed by atoms with Crippen molar-refractivity contribution < 1.29 is 27.9 Å². The van der Waals surface area contributed by atoms with Gasteiger partial charge in [-0.15, -0.1) is 0 Å². The minimum Gasteiger partial charge on any atom is -0.493 e. The Labute approximate surface area is 157 Å². The van der Waals surface area contributed by atoms with Crippen LogP contribution in [0.2, 0.25) is 0 Å². The van der Waals surface area contributed by atoms with Crippen LogP contribution in [0.4, 0.5) is 8.78 Å². The molecule has 5 nitrogen and oxygen atoms in total. The van der Waals surface area contributed by atoms with E-state index < -0.39 is 6.61 Å². The number of carbonyl (C=O) groups is 1. The Hall–Kier alpha value is -2.67. The summed E-state index contributed by atoms with van der Waals surface area (Å²) in [4.78, 5) is 13.0. The van der Waals surface area contributed by atoms with Gasteiger partial charge in [0, 0.05) is 12.1 Å². The van der Waals surface area contributed by atoms with Crippen LogP contribution in [-0.2, 0) is 17.8 Å². The first kappa shape index (κ1) is 20.6. The van der Waals surface area contributed by atoms with Crippen molar-refractivity contribution in [3.8, 4) is 11.5 Å². The lowest BCUT2D eigenvalue weighted by atomic mass is 10.1. The van der Waals surface area contributed by atoms with E-state index in [2.05, 4.69) is 10.1 Å². The van der Waals surface area contributed by atoms with Crippen LogP contribution in [0.3, 0.4) is 0 Å². The zero-order valence-corrected chi connectivity index (χ0v) is 15.5. The number of quaternary nitrogens is 1. The van der Waals surface area contributed by atoms with Crippen molar-refractivity contribution in [3.05, 3.63) is 59.7 Å². The first-order chi connectivity index (χ1) is 13.0. The number of likely N-dealkylation sites (N-methyl/N-ethyl adjacent to an activating group) is 1. The molecule has 0 heterocycles. The monoisotopic (exact) mass is 379 g/mol. The van der Waals surface area contributed by atoms with Gasteiger partial charge in [-0.2, -0.15) is 8.78 Å². The number of rotatable bonds is 10. The van der Waals surface area contributed by atoms with Crippen molar-refractivity contribution in [3.63, 3.8) is 0 Å². The van der Waals surface area contributed by atoms with Crippen LogP contribution < -0.4 is 19.7 Å². The average Bonchev–Trinajstić information content (AvgIpc) is 2.63. The van der Waals surface area contributed by atoms with Crippen molar-refractivity contribution >= 4 is 5.91 Å². The molecule has 0 radical (unpaired) electrons. The number of alkyl halides is 2. The number of carbonyl (C=O) groups excluding carboxylic acids is 1. The van der Waals surface area contributed by atoms with E-state index in [1.807, 2.05) is 37.4 Å². The Balaban J connectivity index is 1.80. The molecule has 0 saturated heterocycles. The van der Waals surface area contributed by atoms with Gasteiger partial charge in [0.15, 0.2) is 18.0 Å². The molecule has 0 saturated carbocycles. The lowest BCUT2D eigenvalue weighted by molar-refractivity contribution is -0.885. The molecule has 1 atom stereocenters. The lowest BCUT2D eigenvalue weighted by Gasteiger charge is -2.16. The predicted octanol–water partition coefficient (Wildman–Crippen LogP) is 1.67. The third-order valence-corrected chi connectivity index (χ3v) is 3.99. The molecule has 1 unspecified atom stereocenters. The molecular weight excluding hydrogens is 354 g/mol. The topological polar surface area (TPSA) is 52.0 Å². The first-order valence-corrected chi connectivity index (χ1v) is 8.71. The van der Waals surface area contributed by atoms with Crippen molar-refractivity contribution in [2.24, 2.45) is 0 Å². The fraction of sp³-hybridized carbons (Fsp3) is 0.350. The molecule has 27 heavy (non-hydrogen) atoms. The van der Waals surface area contributed by atoms with Gasteiger partial charge in [0.2, 0.25) is 0 Å². The summed E-state index contributed by atoms with van der Waals surface area (Å²) in [5.74, 6) is 0.202. The molecule has 0 bridgehead atoms. The van der Waals surface area contributed by atoms with Gasteiger partial charge in [-0.25, -0.2) is 0 Å². The summed E-state index contributed by atoms with van der Waals surface area (Å²) in [6.45, 7) is -1.45. The summed E-state index contributed by atoms with van der Waals surface area (Å²) in [6, 6.07) is 14.7. The predicted molar refractivity (Wildman–Crippen MR) is 98.2 cm³/mol. The van der Waals surface area contributed by atoms with Crippen LogP contribution in [0.15, 0.2) is 48.5 Å². The van der Waals surface area contributed by atoms with E-state index in [1.54, 1.807) is 12.1 Å². The summed E-state index contributed by atoms with van der Waals surface area (Å²) in [7, 11) is 3.29. The van der Waals surface area contributed by atoms with Gasteiger partial charge < -0.3 is 19.7 Å². The maximum Gasteiger partial charge on any atom is 0.387 e. The second kappa shape index (κ2) is 10.5. The number of halogens is 2. The molecule has 2 aromatic carbocycles. The minimum atomic E-state index is -2.90. The molecule has 2 N–H and O–H groups in total. The molecule has 1 amide bonds. The van der Waals surface area contributed by atoms with Gasteiger partial charge in [-0.3, -0.25) is 4.79 Å². The van der Waals surface area contributed by atoms with E-state index in [1.165, 1.54) is 18.7 Å². The van der Waals surface area contributed by atoms with E-state index >= 15 is 0 Å². The largest absolute Gasteiger partial charge is 0.493 e. The van der Waals surface area contributed by atoms with Crippen LogP contribution in [0.5, 0.6) is 11.5 Å². The number of methoxy groups -OCH3 is 1. The molecule has 0 aliphatic heterocycles. The second-order valence-electron chi connectivity index (χ2n) is 6.26. The fourth-order valence-electron chi connectivity index (χ4n) is 2.75. The molecule has 7 heteroatoms. The number of benzene rings is 2. The summed E-state index contributed by atoms with van der Waals surface area (Å²) in [5.41, 5.74) is 2.04. The highest BCUT2D eigenvalue weighted by molar-refractivity contribution is 5.76. The van der Waals surface area contributed by atoms with Crippen LogP contribution in [0.25, 0.3) is 0 Å². The van der Waals surface area contributed by atoms with E-state index in [0.717, 1.165) is 16.9 Å². The number of nitrogens with one attached hydrogen (secondary N) is 2. The minimum absolute atomic E-state index is 0.00689. The van der Waals surface area contributed by atoms with Crippen molar-refractivity contribution in [2.45, 2.75) is 19.6 Å². The van der Waals surface area contributed by atoms with Gasteiger partial charge in [0.25, 0.3) is 5.91 Å². The van der Waals surface area contributed by atoms with Gasteiger partial charge in [0.05, 0.1) is 14.2 Å². The zero-order chi connectivity index (χ0) is 19.6. The third kappa shape index (κ3) is 7.22. The number of ether oxygens (including phenoxy) is 2. The Morgan fingerprint density at radius 3 is 2.52 bits per heavy atom. The number of hydrogen-bond donors (Lipinski definition) is 2. The first-order valence-electron chi connectivity index (χ1n) is 8.71. The lowest BCUT2D eigenvalue weighted by Crippen LogP contribution is -3.08. The SMILES string of the molecule is COc1cc(C[NH+](C)CC(=O)NCCc2ccccc2)ccc1OC(F)F. The van der Waals surface area contributed by atoms with Crippen LogP contribution in [0, 0.1) is 0 Å². The maximum atomic E-state index is 12.4. The fourth-order valence-corrected chi connectivity index (χ4v) is 2.75. The molecule has 2 aromatic rings. The highest BCUT2D eigenvalue weighted by Gasteiger charge is 2.14. The molecule has 2 rings (SSSR count). The maximum absolute atomic E-state index is 12.4. The second-order valence-corrected chi connectivity index (χ2v) is 6.26. The van der Waals surface area contributed by atoms with Gasteiger partial charge in [0.1, 0.15) is 6.54 Å². The summed E-state index contributed by atoms with van der Waals surface area (Å²) in [6.07, 6.45) is 0.786. The van der Waals surface area contributed by atoms with E-state index in [0.29, 0.717) is 19.6 Å². The zero-order valence-electron chi connectivity index (χ0n) is 15.5. The van der Waals surface area contributed by atoms with Gasteiger partial charge in [-0.1, -0.05) is 30.3 Å². The summed E-state index contributed by atoms with van der Waals surface area (Å²) >= 11 is 0. The summed E-state index contributed by atoms with van der Waals surface area (Å²) < 4.78 is 34.3. The Morgan fingerprint density at radius 2 is 1.85 bits per heavy atom. The van der Waals surface area contributed by atoms with Crippen LogP contribution in [-0.4, -0.2) is 39.8 Å². The molecule has 0 aliphatic carbocycles. The van der Waals surface area contributed by atoms with Crippen molar-refractivity contribution in [2.75, 3.05) is 27.2 Å². The normalized spacial score (nSPS) is 11.9. The average molecular weight is 379 g/mol. The Bertz CT molecular complexity index is 726. The molecule has 0 fully saturated rings. The van der Waals surface area contributed by atoms with E-state index in [-0.39, 0.29) is 17.4 Å². The van der Waals surface area contributed by atoms with E-state index in [4.69, 9.17) is 4.74 Å². The van der Waals surface area contributed by atoms with Gasteiger partial charge in [-0.05, 0) is 30.2 Å². The third-order valence-electron chi connectivity index (χ3n) is 3.99. The highest BCUT2D eigenvalue weighted by atomic mass is 19.3. The molecule has 0 aromatic heterocycles.